The number of aryl methyl sites for hydroxylation is 1. The molecule has 3 rings (SSSR count). The predicted octanol–water partition coefficient (Wildman–Crippen LogP) is 0.910. The first-order valence-electron chi connectivity index (χ1n) is 6.68. The molecular formula is C13H19N3O2S. The Morgan fingerprint density at radius 1 is 1.42 bits per heavy atom. The molecule has 0 N–H and O–H groups in total. The second-order valence-corrected chi connectivity index (χ2v) is 8.14. The number of hydrogen-bond donors (Lipinski definition) is 0. The lowest BCUT2D eigenvalue weighted by Crippen LogP contribution is -2.29. The summed E-state index contributed by atoms with van der Waals surface area (Å²) < 4.78 is 23.5. The summed E-state index contributed by atoms with van der Waals surface area (Å²) in [6.45, 7) is 5.64. The maximum Gasteiger partial charge on any atom is 0.225 e. The van der Waals surface area contributed by atoms with Gasteiger partial charge >= 0.3 is 0 Å². The van der Waals surface area contributed by atoms with Crippen molar-refractivity contribution in [2.45, 2.75) is 20.3 Å². The van der Waals surface area contributed by atoms with Crippen LogP contribution in [0.4, 0.5) is 5.95 Å². The van der Waals surface area contributed by atoms with Crippen molar-refractivity contribution in [2.75, 3.05) is 29.5 Å². The third kappa shape index (κ3) is 2.22. The van der Waals surface area contributed by atoms with Crippen molar-refractivity contribution in [3.63, 3.8) is 0 Å². The smallest absolute Gasteiger partial charge is 0.225 e. The highest BCUT2D eigenvalue weighted by Gasteiger charge is 2.52. The van der Waals surface area contributed by atoms with Crippen molar-refractivity contribution in [2.24, 2.45) is 11.3 Å². The lowest BCUT2D eigenvalue weighted by Gasteiger charge is -2.21. The van der Waals surface area contributed by atoms with Crippen LogP contribution in [-0.4, -0.2) is 43.0 Å². The second kappa shape index (κ2) is 4.16. The van der Waals surface area contributed by atoms with E-state index in [4.69, 9.17) is 0 Å². The van der Waals surface area contributed by atoms with Gasteiger partial charge in [0.2, 0.25) is 5.95 Å². The minimum Gasteiger partial charge on any atom is -0.340 e. The van der Waals surface area contributed by atoms with Crippen LogP contribution < -0.4 is 4.90 Å². The van der Waals surface area contributed by atoms with Crippen LogP contribution in [0.1, 0.15) is 19.4 Å². The van der Waals surface area contributed by atoms with Crippen LogP contribution >= 0.6 is 0 Å². The van der Waals surface area contributed by atoms with Crippen molar-refractivity contribution >= 4 is 15.8 Å². The molecule has 0 amide bonds. The van der Waals surface area contributed by atoms with Gasteiger partial charge in [-0.05, 0) is 17.9 Å². The van der Waals surface area contributed by atoms with Gasteiger partial charge in [0.05, 0.1) is 11.5 Å². The Kier molecular flexibility index (Phi) is 2.81. The first-order valence-corrected chi connectivity index (χ1v) is 8.50. The molecule has 5 nitrogen and oxygen atoms in total. The van der Waals surface area contributed by atoms with Crippen molar-refractivity contribution in [3.8, 4) is 0 Å². The Labute approximate surface area is 114 Å². The number of hydrogen-bond acceptors (Lipinski definition) is 5. The molecule has 0 saturated carbocycles. The normalized spacial score (nSPS) is 32.5. The van der Waals surface area contributed by atoms with Crippen LogP contribution in [0.25, 0.3) is 0 Å². The summed E-state index contributed by atoms with van der Waals surface area (Å²) in [5.41, 5.74) is 0.989. The summed E-state index contributed by atoms with van der Waals surface area (Å²) in [4.78, 5) is 10.9. The van der Waals surface area contributed by atoms with Crippen LogP contribution in [0.5, 0.6) is 0 Å². The topological polar surface area (TPSA) is 63.2 Å². The molecule has 6 heteroatoms. The summed E-state index contributed by atoms with van der Waals surface area (Å²) in [6, 6.07) is 0. The molecule has 3 heterocycles. The molecule has 2 fully saturated rings. The number of rotatable bonds is 2. The summed E-state index contributed by atoms with van der Waals surface area (Å²) in [5, 5.41) is 0. The Morgan fingerprint density at radius 2 is 2.11 bits per heavy atom. The minimum absolute atomic E-state index is 0.133. The van der Waals surface area contributed by atoms with Crippen LogP contribution in [0, 0.1) is 11.3 Å². The highest BCUT2D eigenvalue weighted by Crippen LogP contribution is 2.44. The van der Waals surface area contributed by atoms with E-state index in [0.717, 1.165) is 31.0 Å². The minimum atomic E-state index is -2.85. The molecule has 0 radical (unpaired) electrons. The molecule has 1 aromatic rings. The number of aromatic nitrogens is 2. The molecule has 2 aliphatic rings. The molecule has 0 aliphatic carbocycles. The van der Waals surface area contributed by atoms with E-state index in [9.17, 15) is 8.42 Å². The zero-order valence-electron chi connectivity index (χ0n) is 11.3. The monoisotopic (exact) mass is 281 g/mol. The summed E-state index contributed by atoms with van der Waals surface area (Å²) >= 11 is 0. The molecule has 0 spiro atoms. The maximum absolute atomic E-state index is 11.7. The van der Waals surface area contributed by atoms with Crippen LogP contribution in [0.3, 0.4) is 0 Å². The van der Waals surface area contributed by atoms with E-state index in [1.165, 1.54) is 0 Å². The molecule has 2 aliphatic heterocycles. The Morgan fingerprint density at radius 3 is 2.68 bits per heavy atom. The molecule has 19 heavy (non-hydrogen) atoms. The summed E-state index contributed by atoms with van der Waals surface area (Å²) in [7, 11) is -2.85. The molecule has 0 bridgehead atoms. The van der Waals surface area contributed by atoms with Gasteiger partial charge in [-0.25, -0.2) is 18.4 Å². The fraction of sp³-hybridized carbons (Fsp3) is 0.692. The molecule has 0 aromatic carbocycles. The van der Waals surface area contributed by atoms with E-state index in [1.54, 1.807) is 0 Å². The van der Waals surface area contributed by atoms with E-state index in [0.29, 0.717) is 11.5 Å². The predicted molar refractivity (Wildman–Crippen MR) is 73.9 cm³/mol. The zero-order valence-corrected chi connectivity index (χ0v) is 12.2. The van der Waals surface area contributed by atoms with E-state index in [2.05, 4.69) is 28.7 Å². The average molecular weight is 281 g/mol. The van der Waals surface area contributed by atoms with Crippen molar-refractivity contribution in [3.05, 3.63) is 18.0 Å². The first kappa shape index (κ1) is 12.8. The van der Waals surface area contributed by atoms with Gasteiger partial charge in [-0.3, -0.25) is 0 Å². The van der Waals surface area contributed by atoms with Gasteiger partial charge in [0.25, 0.3) is 0 Å². The average Bonchev–Trinajstić information content (AvgIpc) is 2.75. The summed E-state index contributed by atoms with van der Waals surface area (Å²) in [6.07, 6.45) is 4.64. The molecular weight excluding hydrogens is 262 g/mol. The van der Waals surface area contributed by atoms with Gasteiger partial charge in [0.15, 0.2) is 9.84 Å². The van der Waals surface area contributed by atoms with Crippen LogP contribution in [0.15, 0.2) is 12.4 Å². The number of sulfone groups is 1. The fourth-order valence-electron chi connectivity index (χ4n) is 3.25. The Hall–Kier alpha value is -1.17. The lowest BCUT2D eigenvalue weighted by atomic mass is 9.84. The van der Waals surface area contributed by atoms with E-state index < -0.39 is 9.84 Å². The quantitative estimate of drug-likeness (QED) is 0.806. The van der Waals surface area contributed by atoms with Crippen molar-refractivity contribution < 1.29 is 8.42 Å². The molecule has 2 saturated heterocycles. The largest absolute Gasteiger partial charge is 0.340 e. The Bertz CT molecular complexity index is 584. The molecule has 1 aromatic heterocycles. The van der Waals surface area contributed by atoms with Gasteiger partial charge in [-0.15, -0.1) is 0 Å². The molecule has 0 unspecified atom stereocenters. The lowest BCUT2D eigenvalue weighted by molar-refractivity contribution is 0.342. The van der Waals surface area contributed by atoms with Crippen molar-refractivity contribution in [1.29, 1.82) is 0 Å². The molecule has 2 atom stereocenters. The third-order valence-corrected chi connectivity index (χ3v) is 6.38. The summed E-state index contributed by atoms with van der Waals surface area (Å²) in [5.74, 6) is 1.55. The fourth-order valence-corrected chi connectivity index (χ4v) is 5.82. The highest BCUT2D eigenvalue weighted by molar-refractivity contribution is 7.91. The van der Waals surface area contributed by atoms with E-state index in [-0.39, 0.29) is 11.3 Å². The Balaban J connectivity index is 1.80. The number of nitrogens with zero attached hydrogens (tertiary/aromatic N) is 3. The van der Waals surface area contributed by atoms with Gasteiger partial charge in [-0.1, -0.05) is 13.8 Å². The highest BCUT2D eigenvalue weighted by atomic mass is 32.2. The standard InChI is InChI=1S/C13H19N3O2S/c1-3-10-4-14-12(15-5-10)16-6-11-7-19(17,18)9-13(11,2)8-16/h4-5,11H,3,6-9H2,1-2H3/t11-,13+/m1/s1. The number of anilines is 1. The maximum atomic E-state index is 11.7. The van der Waals surface area contributed by atoms with E-state index >= 15 is 0 Å². The van der Waals surface area contributed by atoms with Gasteiger partial charge in [0.1, 0.15) is 0 Å². The van der Waals surface area contributed by atoms with E-state index in [1.807, 2.05) is 12.4 Å². The van der Waals surface area contributed by atoms with Gasteiger partial charge < -0.3 is 4.90 Å². The van der Waals surface area contributed by atoms with Crippen molar-refractivity contribution in [1.82, 2.24) is 9.97 Å². The zero-order chi connectivity index (χ0) is 13.7. The number of fused-ring (bicyclic) bond motifs is 1. The molecule has 104 valence electrons. The second-order valence-electron chi connectivity index (χ2n) is 6.03. The van der Waals surface area contributed by atoms with Gasteiger partial charge in [-0.2, -0.15) is 0 Å². The third-order valence-electron chi connectivity index (χ3n) is 4.37. The van der Waals surface area contributed by atoms with Crippen LogP contribution in [0.2, 0.25) is 0 Å². The van der Waals surface area contributed by atoms with Gasteiger partial charge in [0, 0.05) is 30.9 Å². The van der Waals surface area contributed by atoms with Crippen LogP contribution in [-0.2, 0) is 16.3 Å². The SMILES string of the molecule is CCc1cnc(N2C[C@@H]3CS(=O)(=O)C[C@]3(C)C2)nc1. The first-order chi connectivity index (χ1) is 8.92.